The first-order valence-corrected chi connectivity index (χ1v) is 12.4. The summed E-state index contributed by atoms with van der Waals surface area (Å²) in [5.41, 5.74) is 13.9. The lowest BCUT2D eigenvalue weighted by atomic mass is 9.61. The van der Waals surface area contributed by atoms with E-state index in [1.165, 1.54) is 10.1 Å². The van der Waals surface area contributed by atoms with Gasteiger partial charge < -0.3 is 16.4 Å². The van der Waals surface area contributed by atoms with Gasteiger partial charge in [-0.15, -0.1) is 12.4 Å². The van der Waals surface area contributed by atoms with Crippen LogP contribution in [0.15, 0.2) is 41.3 Å². The zero-order valence-electron chi connectivity index (χ0n) is 19.8. The molecular formula is C25H34ClN7O2. The number of amides is 2. The average Bonchev–Trinajstić information content (AvgIpc) is 3.19. The quantitative estimate of drug-likeness (QED) is 0.589. The molecular weight excluding hydrogens is 466 g/mol. The third-order valence-electron chi connectivity index (χ3n) is 8.50. The Morgan fingerprint density at radius 2 is 1.71 bits per heavy atom. The number of nitrogens with two attached hydrogens (primary N) is 2. The summed E-state index contributed by atoms with van der Waals surface area (Å²) in [6, 6.07) is 10.2. The number of aromatic nitrogens is 2. The molecule has 2 saturated carbocycles. The van der Waals surface area contributed by atoms with E-state index in [1.807, 2.05) is 12.1 Å². The molecule has 4 aliphatic rings. The van der Waals surface area contributed by atoms with Crippen molar-refractivity contribution in [2.75, 3.05) is 31.5 Å². The standard InChI is InChI=1S/C25H33N7O2.ClH/c26-17-11-25(12-17)6-9-31(10-7-25)23(33)28-21-5-8-32(24(34)29-21)18-3-1-16(2-4-18)13-30-14-19-20(15-30)22(19)27;/h1-5,8,17,19-20,22H,6-7,9-15,26-27H2,(H,28,29,33,34);1H. The zero-order chi connectivity index (χ0) is 23.4. The molecule has 35 heavy (non-hydrogen) atoms. The van der Waals surface area contributed by atoms with Crippen LogP contribution >= 0.6 is 12.4 Å². The third-order valence-corrected chi connectivity index (χ3v) is 8.50. The number of fused-ring (bicyclic) bond motifs is 1. The van der Waals surface area contributed by atoms with E-state index in [2.05, 4.69) is 27.3 Å². The van der Waals surface area contributed by atoms with Crippen LogP contribution in [-0.2, 0) is 6.54 Å². The van der Waals surface area contributed by atoms with E-state index in [0.29, 0.717) is 42.4 Å². The van der Waals surface area contributed by atoms with Gasteiger partial charge >= 0.3 is 11.7 Å². The molecule has 0 radical (unpaired) electrons. The molecule has 2 aromatic rings. The molecule has 0 bridgehead atoms. The molecule has 9 nitrogen and oxygen atoms in total. The number of anilines is 1. The number of nitrogens with one attached hydrogen (secondary N) is 1. The summed E-state index contributed by atoms with van der Waals surface area (Å²) in [7, 11) is 0. The number of benzene rings is 1. The Labute approximate surface area is 211 Å². The number of piperidine rings is 2. The summed E-state index contributed by atoms with van der Waals surface area (Å²) in [5, 5.41) is 2.79. The summed E-state index contributed by atoms with van der Waals surface area (Å²) in [6.07, 6.45) is 5.78. The predicted molar refractivity (Wildman–Crippen MR) is 137 cm³/mol. The number of carbonyl (C=O) groups excluding carboxylic acids is 1. The molecule has 2 atom stereocenters. The Bertz CT molecular complexity index is 1130. The molecule has 2 amide bonds. The predicted octanol–water partition coefficient (Wildman–Crippen LogP) is 1.78. The topological polar surface area (TPSA) is 123 Å². The largest absolute Gasteiger partial charge is 0.354 e. The fourth-order valence-electron chi connectivity index (χ4n) is 6.31. The summed E-state index contributed by atoms with van der Waals surface area (Å²) in [4.78, 5) is 33.7. The molecule has 2 saturated heterocycles. The molecule has 3 heterocycles. The minimum atomic E-state index is -0.416. The number of likely N-dealkylation sites (tertiary alicyclic amines) is 2. The highest BCUT2D eigenvalue weighted by atomic mass is 35.5. The van der Waals surface area contributed by atoms with Crippen LogP contribution in [0, 0.1) is 17.3 Å². The number of carbonyl (C=O) groups is 1. The van der Waals surface area contributed by atoms with Gasteiger partial charge in [0.1, 0.15) is 5.82 Å². The van der Waals surface area contributed by atoms with E-state index in [4.69, 9.17) is 11.5 Å². The van der Waals surface area contributed by atoms with Crippen molar-refractivity contribution in [2.45, 2.75) is 44.3 Å². The van der Waals surface area contributed by atoms with Crippen LogP contribution in [-0.4, -0.2) is 63.6 Å². The summed E-state index contributed by atoms with van der Waals surface area (Å²) in [5.74, 6) is 1.63. The summed E-state index contributed by atoms with van der Waals surface area (Å²) < 4.78 is 1.49. The Morgan fingerprint density at radius 3 is 2.31 bits per heavy atom. The lowest BCUT2D eigenvalue weighted by molar-refractivity contribution is 0.0317. The first kappa shape index (κ1) is 24.2. The first-order valence-electron chi connectivity index (χ1n) is 12.4. The highest BCUT2D eigenvalue weighted by Gasteiger charge is 2.53. The van der Waals surface area contributed by atoms with Crippen LogP contribution < -0.4 is 22.5 Å². The molecule has 1 spiro atoms. The fraction of sp³-hybridized carbons (Fsp3) is 0.560. The van der Waals surface area contributed by atoms with Gasteiger partial charge in [0.15, 0.2) is 0 Å². The molecule has 1 aromatic carbocycles. The average molecular weight is 500 g/mol. The van der Waals surface area contributed by atoms with E-state index < -0.39 is 5.69 Å². The molecule has 1 aromatic heterocycles. The summed E-state index contributed by atoms with van der Waals surface area (Å²) >= 11 is 0. The number of rotatable bonds is 4. The van der Waals surface area contributed by atoms with Gasteiger partial charge in [0, 0.05) is 51.0 Å². The van der Waals surface area contributed by atoms with Crippen LogP contribution in [0.25, 0.3) is 5.69 Å². The van der Waals surface area contributed by atoms with Crippen molar-refractivity contribution >= 4 is 24.3 Å². The van der Waals surface area contributed by atoms with Crippen LogP contribution in [0.5, 0.6) is 0 Å². The Balaban J connectivity index is 0.00000253. The van der Waals surface area contributed by atoms with Crippen LogP contribution in [0.3, 0.4) is 0 Å². The highest BCUT2D eigenvalue weighted by molar-refractivity contribution is 5.88. The van der Waals surface area contributed by atoms with Gasteiger partial charge in [0.05, 0.1) is 5.69 Å². The van der Waals surface area contributed by atoms with E-state index >= 15 is 0 Å². The van der Waals surface area contributed by atoms with Crippen molar-refractivity contribution in [1.29, 1.82) is 0 Å². The molecule has 188 valence electrons. The molecule has 2 aliphatic heterocycles. The van der Waals surface area contributed by atoms with Gasteiger partial charge in [-0.1, -0.05) is 12.1 Å². The number of urea groups is 1. The van der Waals surface area contributed by atoms with Gasteiger partial charge in [-0.05, 0) is 66.7 Å². The Kier molecular flexibility index (Phi) is 6.37. The summed E-state index contributed by atoms with van der Waals surface area (Å²) in [6.45, 7) is 4.50. The van der Waals surface area contributed by atoms with Gasteiger partial charge in [0.25, 0.3) is 0 Å². The second-order valence-electron chi connectivity index (χ2n) is 10.8. The maximum absolute atomic E-state index is 12.7. The number of halogens is 1. The molecule has 2 unspecified atom stereocenters. The van der Waals surface area contributed by atoms with Gasteiger partial charge in [0.2, 0.25) is 0 Å². The SMILES string of the molecule is Cl.NC1CC2(CCN(C(=O)Nc3ccn(-c4ccc(CN5CC6C(N)C6C5)cc4)c(=O)n3)CC2)C1. The van der Waals surface area contributed by atoms with Crippen molar-refractivity contribution in [1.82, 2.24) is 19.4 Å². The van der Waals surface area contributed by atoms with Gasteiger partial charge in [-0.2, -0.15) is 4.98 Å². The smallest absolute Gasteiger partial charge is 0.328 e. The molecule has 2 aliphatic carbocycles. The molecule has 6 rings (SSSR count). The zero-order valence-corrected chi connectivity index (χ0v) is 20.6. The van der Waals surface area contributed by atoms with Crippen molar-refractivity contribution < 1.29 is 4.79 Å². The van der Waals surface area contributed by atoms with E-state index in [0.717, 1.165) is 51.0 Å². The van der Waals surface area contributed by atoms with E-state index in [-0.39, 0.29) is 24.3 Å². The van der Waals surface area contributed by atoms with E-state index in [1.54, 1.807) is 17.2 Å². The lowest BCUT2D eigenvalue weighted by Gasteiger charge is -2.51. The number of hydrogen-bond donors (Lipinski definition) is 3. The second-order valence-corrected chi connectivity index (χ2v) is 10.8. The minimum absolute atomic E-state index is 0. The van der Waals surface area contributed by atoms with Crippen molar-refractivity contribution in [3.05, 3.63) is 52.6 Å². The normalized spacial score (nSPS) is 27.1. The second kappa shape index (κ2) is 9.20. The maximum Gasteiger partial charge on any atom is 0.354 e. The van der Waals surface area contributed by atoms with Crippen LogP contribution in [0.2, 0.25) is 0 Å². The van der Waals surface area contributed by atoms with Crippen molar-refractivity contribution in [2.24, 2.45) is 28.7 Å². The first-order chi connectivity index (χ1) is 16.4. The maximum atomic E-state index is 12.7. The van der Waals surface area contributed by atoms with Crippen LogP contribution in [0.4, 0.5) is 10.6 Å². The van der Waals surface area contributed by atoms with Crippen LogP contribution in [0.1, 0.15) is 31.2 Å². The van der Waals surface area contributed by atoms with Crippen molar-refractivity contribution in [3.63, 3.8) is 0 Å². The number of hydrogen-bond acceptors (Lipinski definition) is 6. The minimum Gasteiger partial charge on any atom is -0.328 e. The lowest BCUT2D eigenvalue weighted by Crippen LogP contribution is -2.53. The van der Waals surface area contributed by atoms with Gasteiger partial charge in [-0.3, -0.25) is 14.8 Å². The third kappa shape index (κ3) is 4.70. The Morgan fingerprint density at radius 1 is 1.06 bits per heavy atom. The molecule has 4 fully saturated rings. The monoisotopic (exact) mass is 499 g/mol. The molecule has 10 heteroatoms. The fourth-order valence-corrected chi connectivity index (χ4v) is 6.31. The highest BCUT2D eigenvalue weighted by Crippen LogP contribution is 2.48. The Hall–Kier alpha value is -2.46. The molecule has 5 N–H and O–H groups in total. The van der Waals surface area contributed by atoms with Crippen molar-refractivity contribution in [3.8, 4) is 5.69 Å². The van der Waals surface area contributed by atoms with E-state index in [9.17, 15) is 9.59 Å². The number of nitrogens with zero attached hydrogens (tertiary/aromatic N) is 4. The van der Waals surface area contributed by atoms with Gasteiger partial charge in [-0.25, -0.2) is 9.59 Å².